The molecule has 0 amide bonds. The van der Waals surface area contributed by atoms with Crippen LogP contribution in [0.5, 0.6) is 0 Å². The lowest BCUT2D eigenvalue weighted by molar-refractivity contribution is 0.0501. The molecule has 3 nitrogen and oxygen atoms in total. The SMILES string of the molecule is CCCc1nc(C2CCC(C)O2)nc(Cl)c1Br. The summed E-state index contributed by atoms with van der Waals surface area (Å²) in [6.07, 6.45) is 4.27. The Morgan fingerprint density at radius 1 is 1.41 bits per heavy atom. The molecule has 1 aromatic heterocycles. The van der Waals surface area contributed by atoms with Crippen LogP contribution in [-0.4, -0.2) is 16.1 Å². The smallest absolute Gasteiger partial charge is 0.159 e. The molecule has 5 heteroatoms. The molecule has 94 valence electrons. The van der Waals surface area contributed by atoms with Gasteiger partial charge in [-0.25, -0.2) is 9.97 Å². The van der Waals surface area contributed by atoms with Crippen molar-refractivity contribution in [2.45, 2.75) is 51.7 Å². The molecule has 0 aromatic carbocycles. The summed E-state index contributed by atoms with van der Waals surface area (Å²) in [5.74, 6) is 0.728. The number of aryl methyl sites for hydroxylation is 1. The van der Waals surface area contributed by atoms with E-state index in [0.29, 0.717) is 11.3 Å². The molecule has 1 aliphatic heterocycles. The van der Waals surface area contributed by atoms with E-state index in [1.165, 1.54) is 0 Å². The van der Waals surface area contributed by atoms with Crippen LogP contribution in [0.1, 0.15) is 50.7 Å². The van der Waals surface area contributed by atoms with Crippen LogP contribution in [0.3, 0.4) is 0 Å². The van der Waals surface area contributed by atoms with Crippen molar-refractivity contribution < 1.29 is 4.74 Å². The summed E-state index contributed by atoms with van der Waals surface area (Å²) in [5, 5.41) is 0.488. The van der Waals surface area contributed by atoms with Crippen molar-refractivity contribution in [1.82, 2.24) is 9.97 Å². The molecule has 17 heavy (non-hydrogen) atoms. The molecule has 2 atom stereocenters. The van der Waals surface area contributed by atoms with Gasteiger partial charge in [0, 0.05) is 0 Å². The molecule has 0 bridgehead atoms. The van der Waals surface area contributed by atoms with E-state index >= 15 is 0 Å². The number of hydrogen-bond donors (Lipinski definition) is 0. The lowest BCUT2D eigenvalue weighted by Crippen LogP contribution is -2.08. The highest BCUT2D eigenvalue weighted by atomic mass is 79.9. The third-order valence-electron chi connectivity index (χ3n) is 2.90. The van der Waals surface area contributed by atoms with E-state index in [9.17, 15) is 0 Å². The van der Waals surface area contributed by atoms with Gasteiger partial charge in [-0.1, -0.05) is 24.9 Å². The minimum Gasteiger partial charge on any atom is -0.367 e. The number of ether oxygens (including phenoxy) is 1. The Labute approximate surface area is 115 Å². The molecule has 0 saturated carbocycles. The molecule has 2 heterocycles. The van der Waals surface area contributed by atoms with Gasteiger partial charge in [0.1, 0.15) is 11.3 Å². The first-order valence-electron chi connectivity index (χ1n) is 5.99. The van der Waals surface area contributed by atoms with Crippen molar-refractivity contribution in [3.05, 3.63) is 21.1 Å². The van der Waals surface area contributed by atoms with Gasteiger partial charge in [-0.05, 0) is 42.1 Å². The summed E-state index contributed by atoms with van der Waals surface area (Å²) in [6.45, 7) is 4.20. The van der Waals surface area contributed by atoms with Gasteiger partial charge in [0.15, 0.2) is 5.82 Å². The molecule has 2 rings (SSSR count). The molecule has 0 N–H and O–H groups in total. The number of nitrogens with zero attached hydrogens (tertiary/aromatic N) is 2. The van der Waals surface area contributed by atoms with E-state index in [1.54, 1.807) is 0 Å². The molecular weight excluding hydrogens is 304 g/mol. The van der Waals surface area contributed by atoms with Crippen molar-refractivity contribution in [1.29, 1.82) is 0 Å². The third-order valence-corrected chi connectivity index (χ3v) is 4.24. The molecule has 0 radical (unpaired) electrons. The average Bonchev–Trinajstić information content (AvgIpc) is 2.71. The maximum atomic E-state index is 6.12. The molecule has 0 aliphatic carbocycles. The quantitative estimate of drug-likeness (QED) is 0.787. The lowest BCUT2D eigenvalue weighted by atomic mass is 10.2. The van der Waals surface area contributed by atoms with E-state index in [0.717, 1.165) is 41.7 Å². The van der Waals surface area contributed by atoms with Crippen molar-refractivity contribution in [2.75, 3.05) is 0 Å². The van der Waals surface area contributed by atoms with Gasteiger partial charge in [0.05, 0.1) is 16.3 Å². The zero-order valence-electron chi connectivity index (χ0n) is 10.0. The van der Waals surface area contributed by atoms with Gasteiger partial charge >= 0.3 is 0 Å². The minimum atomic E-state index is 0.00575. The van der Waals surface area contributed by atoms with Gasteiger partial charge in [-0.3, -0.25) is 0 Å². The Bertz CT molecular complexity index is 414. The first-order chi connectivity index (χ1) is 8.11. The van der Waals surface area contributed by atoms with E-state index in [-0.39, 0.29) is 6.10 Å². The van der Waals surface area contributed by atoms with Crippen LogP contribution < -0.4 is 0 Å². The molecule has 1 aromatic rings. The Kier molecular flexibility index (Phi) is 4.39. The molecule has 1 saturated heterocycles. The summed E-state index contributed by atoms with van der Waals surface area (Å²) in [5.41, 5.74) is 0.977. The monoisotopic (exact) mass is 318 g/mol. The topological polar surface area (TPSA) is 35.0 Å². The molecule has 1 aliphatic rings. The highest BCUT2D eigenvalue weighted by Gasteiger charge is 2.26. The predicted molar refractivity (Wildman–Crippen MR) is 71.3 cm³/mol. The Morgan fingerprint density at radius 3 is 2.76 bits per heavy atom. The first kappa shape index (κ1) is 13.2. The van der Waals surface area contributed by atoms with Gasteiger partial charge in [0.25, 0.3) is 0 Å². The Hall–Kier alpha value is -0.190. The number of hydrogen-bond acceptors (Lipinski definition) is 3. The highest BCUT2D eigenvalue weighted by molar-refractivity contribution is 9.10. The third kappa shape index (κ3) is 2.98. The largest absolute Gasteiger partial charge is 0.367 e. The van der Waals surface area contributed by atoms with Gasteiger partial charge in [-0.15, -0.1) is 0 Å². The molecule has 1 fully saturated rings. The fraction of sp³-hybridized carbons (Fsp3) is 0.667. The molecule has 0 spiro atoms. The number of aromatic nitrogens is 2. The van der Waals surface area contributed by atoms with Crippen LogP contribution >= 0.6 is 27.5 Å². The highest BCUT2D eigenvalue weighted by Crippen LogP contribution is 2.33. The zero-order valence-corrected chi connectivity index (χ0v) is 12.4. The summed E-state index contributed by atoms with van der Waals surface area (Å²) in [7, 11) is 0. The van der Waals surface area contributed by atoms with E-state index in [4.69, 9.17) is 16.3 Å². The van der Waals surface area contributed by atoms with Crippen LogP contribution in [0.15, 0.2) is 4.47 Å². The van der Waals surface area contributed by atoms with Gasteiger partial charge in [-0.2, -0.15) is 0 Å². The lowest BCUT2D eigenvalue weighted by Gasteiger charge is -2.12. The van der Waals surface area contributed by atoms with E-state index in [1.807, 2.05) is 0 Å². The second-order valence-electron chi connectivity index (χ2n) is 4.40. The van der Waals surface area contributed by atoms with Gasteiger partial charge in [0.2, 0.25) is 0 Å². The van der Waals surface area contributed by atoms with Crippen LogP contribution in [0, 0.1) is 0 Å². The standard InChI is InChI=1S/C12H16BrClN2O/c1-3-4-8-10(13)11(14)16-12(15-8)9-6-5-7(2)17-9/h7,9H,3-6H2,1-2H3. The Morgan fingerprint density at radius 2 is 2.18 bits per heavy atom. The van der Waals surface area contributed by atoms with Crippen molar-refractivity contribution in [3.8, 4) is 0 Å². The normalized spacial score (nSPS) is 24.2. The van der Waals surface area contributed by atoms with Crippen LogP contribution in [-0.2, 0) is 11.2 Å². The predicted octanol–water partition coefficient (Wildman–Crippen LogP) is 4.09. The van der Waals surface area contributed by atoms with E-state index in [2.05, 4.69) is 39.7 Å². The van der Waals surface area contributed by atoms with E-state index < -0.39 is 0 Å². The van der Waals surface area contributed by atoms with Gasteiger partial charge < -0.3 is 4.74 Å². The molecule has 2 unspecified atom stereocenters. The summed E-state index contributed by atoms with van der Waals surface area (Å²) in [6, 6.07) is 0. The maximum absolute atomic E-state index is 6.12. The fourth-order valence-electron chi connectivity index (χ4n) is 2.02. The van der Waals surface area contributed by atoms with Crippen molar-refractivity contribution >= 4 is 27.5 Å². The fourth-order valence-corrected chi connectivity index (χ4v) is 2.59. The second-order valence-corrected chi connectivity index (χ2v) is 5.55. The van der Waals surface area contributed by atoms with Crippen LogP contribution in [0.4, 0.5) is 0 Å². The maximum Gasteiger partial charge on any atom is 0.159 e. The summed E-state index contributed by atoms with van der Waals surface area (Å²) < 4.78 is 6.59. The summed E-state index contributed by atoms with van der Waals surface area (Å²) in [4.78, 5) is 8.89. The minimum absolute atomic E-state index is 0.00575. The number of rotatable bonds is 3. The van der Waals surface area contributed by atoms with Crippen molar-refractivity contribution in [3.63, 3.8) is 0 Å². The second kappa shape index (κ2) is 5.63. The molecular formula is C12H16BrClN2O. The Balaban J connectivity index is 2.28. The number of halogens is 2. The zero-order chi connectivity index (χ0) is 12.4. The van der Waals surface area contributed by atoms with Crippen molar-refractivity contribution in [2.24, 2.45) is 0 Å². The first-order valence-corrected chi connectivity index (χ1v) is 7.16. The summed E-state index contributed by atoms with van der Waals surface area (Å²) >= 11 is 9.55. The van der Waals surface area contributed by atoms with Crippen LogP contribution in [0.2, 0.25) is 5.15 Å². The van der Waals surface area contributed by atoms with Crippen LogP contribution in [0.25, 0.3) is 0 Å². The average molecular weight is 320 g/mol.